The highest BCUT2D eigenvalue weighted by molar-refractivity contribution is 6.00. The Hall–Kier alpha value is -2.68. The number of methoxy groups -OCH3 is 2. The lowest BCUT2D eigenvalue weighted by atomic mass is 10.1. The third kappa shape index (κ3) is 3.30. The minimum absolute atomic E-state index is 0.0186. The van der Waals surface area contributed by atoms with E-state index in [2.05, 4.69) is 4.74 Å². The maximum atomic E-state index is 12.8. The molecule has 0 N–H and O–H groups in total. The minimum atomic E-state index is -0.942. The summed E-state index contributed by atoms with van der Waals surface area (Å²) in [7, 11) is 2.62. The van der Waals surface area contributed by atoms with E-state index in [-0.39, 0.29) is 31.0 Å². The standard InChI is InChI=1S/C15H18N2O7/c1-9-6-11(17(20)21)10(7-13(9)22-2)14(18)16-4-5-24-8-12(16)15(19)23-3/h6-7,12H,4-5,8H2,1-3H3/t12-/m0/s1. The van der Waals surface area contributed by atoms with Crippen LogP contribution in [0.15, 0.2) is 12.1 Å². The van der Waals surface area contributed by atoms with Crippen LogP contribution in [-0.4, -0.2) is 61.7 Å². The van der Waals surface area contributed by atoms with E-state index in [1.54, 1.807) is 6.92 Å². The fraction of sp³-hybridized carbons (Fsp3) is 0.467. The summed E-state index contributed by atoms with van der Waals surface area (Å²) in [6, 6.07) is 1.65. The number of aryl methyl sites for hydroxylation is 1. The Labute approximate surface area is 138 Å². The summed E-state index contributed by atoms with van der Waals surface area (Å²) in [5, 5.41) is 11.3. The molecule has 1 aliphatic heterocycles. The first-order chi connectivity index (χ1) is 11.4. The van der Waals surface area contributed by atoms with Crippen LogP contribution in [0.5, 0.6) is 5.75 Å². The number of carbonyl (C=O) groups excluding carboxylic acids is 2. The highest BCUT2D eigenvalue weighted by atomic mass is 16.6. The van der Waals surface area contributed by atoms with E-state index in [4.69, 9.17) is 9.47 Å². The number of hydrogen-bond acceptors (Lipinski definition) is 7. The van der Waals surface area contributed by atoms with Gasteiger partial charge in [-0.2, -0.15) is 0 Å². The zero-order valence-electron chi connectivity index (χ0n) is 13.6. The van der Waals surface area contributed by atoms with Gasteiger partial charge < -0.3 is 19.1 Å². The van der Waals surface area contributed by atoms with Gasteiger partial charge in [0.15, 0.2) is 6.04 Å². The van der Waals surface area contributed by atoms with Gasteiger partial charge in [-0.3, -0.25) is 14.9 Å². The SMILES string of the molecule is COC(=O)[C@@H]1COCCN1C(=O)c1cc(OC)c(C)cc1[N+](=O)[O-]. The summed E-state index contributed by atoms with van der Waals surface area (Å²) in [5.74, 6) is -0.921. The number of rotatable bonds is 4. The van der Waals surface area contributed by atoms with Crippen molar-refractivity contribution in [3.8, 4) is 5.75 Å². The fourth-order valence-corrected chi connectivity index (χ4v) is 2.55. The van der Waals surface area contributed by atoms with Gasteiger partial charge in [0.2, 0.25) is 0 Å². The van der Waals surface area contributed by atoms with Gasteiger partial charge in [0.1, 0.15) is 11.3 Å². The maximum absolute atomic E-state index is 12.8. The highest BCUT2D eigenvalue weighted by Gasteiger charge is 2.37. The quantitative estimate of drug-likeness (QED) is 0.456. The molecule has 0 spiro atoms. The first-order valence-electron chi connectivity index (χ1n) is 7.20. The number of esters is 1. The summed E-state index contributed by atoms with van der Waals surface area (Å²) in [6.07, 6.45) is 0. The molecule has 1 aliphatic rings. The van der Waals surface area contributed by atoms with E-state index in [1.807, 2.05) is 0 Å². The van der Waals surface area contributed by atoms with E-state index in [0.29, 0.717) is 11.3 Å². The van der Waals surface area contributed by atoms with E-state index in [0.717, 1.165) is 0 Å². The number of hydrogen-bond donors (Lipinski definition) is 0. The smallest absolute Gasteiger partial charge is 0.331 e. The lowest BCUT2D eigenvalue weighted by Gasteiger charge is -2.33. The summed E-state index contributed by atoms with van der Waals surface area (Å²) in [6.45, 7) is 1.99. The topological polar surface area (TPSA) is 108 Å². The summed E-state index contributed by atoms with van der Waals surface area (Å²) >= 11 is 0. The van der Waals surface area contributed by atoms with Crippen molar-refractivity contribution in [3.63, 3.8) is 0 Å². The molecule has 130 valence electrons. The lowest BCUT2D eigenvalue weighted by molar-refractivity contribution is -0.385. The third-order valence-corrected chi connectivity index (χ3v) is 3.80. The minimum Gasteiger partial charge on any atom is -0.496 e. The van der Waals surface area contributed by atoms with Gasteiger partial charge in [-0.25, -0.2) is 4.79 Å². The number of nitro groups is 1. The Morgan fingerprint density at radius 2 is 2.08 bits per heavy atom. The van der Waals surface area contributed by atoms with E-state index in [9.17, 15) is 19.7 Å². The largest absolute Gasteiger partial charge is 0.496 e. The normalized spacial score (nSPS) is 17.3. The summed E-state index contributed by atoms with van der Waals surface area (Å²) in [5.41, 5.74) is 0.0545. The molecule has 0 unspecified atom stereocenters. The number of nitrogens with zero attached hydrogens (tertiary/aromatic N) is 2. The van der Waals surface area contributed by atoms with Crippen molar-refractivity contribution in [1.29, 1.82) is 0 Å². The molecular weight excluding hydrogens is 320 g/mol. The van der Waals surface area contributed by atoms with Crippen LogP contribution in [0.1, 0.15) is 15.9 Å². The molecule has 24 heavy (non-hydrogen) atoms. The lowest BCUT2D eigenvalue weighted by Crippen LogP contribution is -2.53. The average molecular weight is 338 g/mol. The van der Waals surface area contributed by atoms with Gasteiger partial charge in [-0.15, -0.1) is 0 Å². The molecule has 1 saturated heterocycles. The molecule has 1 aromatic carbocycles. The second kappa shape index (κ2) is 7.26. The van der Waals surface area contributed by atoms with Crippen LogP contribution in [0, 0.1) is 17.0 Å². The second-order valence-electron chi connectivity index (χ2n) is 5.21. The van der Waals surface area contributed by atoms with Crippen LogP contribution in [0.2, 0.25) is 0 Å². The average Bonchev–Trinajstić information content (AvgIpc) is 2.60. The van der Waals surface area contributed by atoms with Gasteiger partial charge in [-0.1, -0.05) is 0 Å². The number of morpholine rings is 1. The molecule has 0 saturated carbocycles. The van der Waals surface area contributed by atoms with Crippen molar-refractivity contribution in [2.24, 2.45) is 0 Å². The number of carbonyl (C=O) groups is 2. The van der Waals surface area contributed by atoms with Crippen LogP contribution in [-0.2, 0) is 14.3 Å². The van der Waals surface area contributed by atoms with Crippen molar-refractivity contribution < 1.29 is 28.7 Å². The predicted molar refractivity (Wildman–Crippen MR) is 82.0 cm³/mol. The van der Waals surface area contributed by atoms with Crippen molar-refractivity contribution in [3.05, 3.63) is 33.4 Å². The second-order valence-corrected chi connectivity index (χ2v) is 5.21. The van der Waals surface area contributed by atoms with Crippen LogP contribution in [0.3, 0.4) is 0 Å². The third-order valence-electron chi connectivity index (χ3n) is 3.80. The van der Waals surface area contributed by atoms with Gasteiger partial charge in [0.05, 0.1) is 32.4 Å². The monoisotopic (exact) mass is 338 g/mol. The van der Waals surface area contributed by atoms with Crippen molar-refractivity contribution >= 4 is 17.6 Å². The number of benzene rings is 1. The van der Waals surface area contributed by atoms with Crippen molar-refractivity contribution in [2.75, 3.05) is 34.0 Å². The van der Waals surface area contributed by atoms with Crippen molar-refractivity contribution in [2.45, 2.75) is 13.0 Å². The Morgan fingerprint density at radius 1 is 1.38 bits per heavy atom. The zero-order valence-corrected chi connectivity index (χ0v) is 13.6. The molecule has 0 aliphatic carbocycles. The first kappa shape index (κ1) is 17.7. The van der Waals surface area contributed by atoms with Crippen LogP contribution in [0.4, 0.5) is 5.69 Å². The molecule has 1 aromatic rings. The molecule has 1 heterocycles. The highest BCUT2D eigenvalue weighted by Crippen LogP contribution is 2.30. The summed E-state index contributed by atoms with van der Waals surface area (Å²) in [4.78, 5) is 36.6. The van der Waals surface area contributed by atoms with Crippen molar-refractivity contribution in [1.82, 2.24) is 4.90 Å². The molecule has 2 rings (SSSR count). The molecule has 9 heteroatoms. The number of ether oxygens (including phenoxy) is 3. The van der Waals surface area contributed by atoms with Gasteiger partial charge in [0.25, 0.3) is 11.6 Å². The zero-order chi connectivity index (χ0) is 17.9. The Balaban J connectivity index is 2.47. The number of nitro benzene ring substituents is 1. The van der Waals surface area contributed by atoms with Crippen LogP contribution >= 0.6 is 0 Å². The van der Waals surface area contributed by atoms with E-state index in [1.165, 1.54) is 31.3 Å². The van der Waals surface area contributed by atoms with Crippen LogP contribution < -0.4 is 4.74 Å². The Morgan fingerprint density at radius 3 is 2.67 bits per heavy atom. The maximum Gasteiger partial charge on any atom is 0.331 e. The van der Waals surface area contributed by atoms with E-state index >= 15 is 0 Å². The Bertz CT molecular complexity index is 674. The molecule has 1 atom stereocenters. The molecule has 0 aromatic heterocycles. The van der Waals surface area contributed by atoms with Crippen LogP contribution in [0.25, 0.3) is 0 Å². The van der Waals surface area contributed by atoms with Gasteiger partial charge in [0, 0.05) is 18.7 Å². The van der Waals surface area contributed by atoms with Gasteiger partial charge in [-0.05, 0) is 12.5 Å². The van der Waals surface area contributed by atoms with E-state index < -0.39 is 22.8 Å². The fourth-order valence-electron chi connectivity index (χ4n) is 2.55. The molecule has 1 amide bonds. The molecule has 0 bridgehead atoms. The van der Waals surface area contributed by atoms with Gasteiger partial charge >= 0.3 is 5.97 Å². The predicted octanol–water partition coefficient (Wildman–Crippen LogP) is 0.926. The molecule has 1 fully saturated rings. The number of amides is 1. The molecule has 0 radical (unpaired) electrons. The summed E-state index contributed by atoms with van der Waals surface area (Å²) < 4.78 is 15.0. The first-order valence-corrected chi connectivity index (χ1v) is 7.20. The molecular formula is C15H18N2O7. The molecule has 9 nitrogen and oxygen atoms in total. The Kier molecular flexibility index (Phi) is 5.35.